The molecule has 5 heteroatoms. The average molecular weight is 623 g/mol. The number of carboxylic acids is 1. The van der Waals surface area contributed by atoms with E-state index in [1.807, 2.05) is 18.5 Å². The zero-order chi connectivity index (χ0) is 31.9. The van der Waals surface area contributed by atoms with E-state index in [9.17, 15) is 4.79 Å². The van der Waals surface area contributed by atoms with E-state index in [0.29, 0.717) is 6.54 Å². The van der Waals surface area contributed by atoms with Crippen LogP contribution in [0.15, 0.2) is 49.1 Å². The second-order valence-corrected chi connectivity index (χ2v) is 13.3. The number of aromatic nitrogens is 2. The van der Waals surface area contributed by atoms with Gasteiger partial charge in [0.15, 0.2) is 12.4 Å². The Kier molecular flexibility index (Phi) is 25.2. The van der Waals surface area contributed by atoms with Crippen molar-refractivity contribution < 1.29 is 14.5 Å². The van der Waals surface area contributed by atoms with Crippen molar-refractivity contribution in [3.63, 3.8) is 0 Å². The highest BCUT2D eigenvalue weighted by Gasteiger charge is 2.04. The average Bonchev–Trinajstić information content (AvgIpc) is 3.05. The molecule has 0 aliphatic carbocycles. The first-order valence-electron chi connectivity index (χ1n) is 19.0. The minimum Gasteiger partial charge on any atom is -0.481 e. The third-order valence-corrected chi connectivity index (χ3v) is 9.11. The van der Waals surface area contributed by atoms with Crippen LogP contribution in [0, 0.1) is 0 Å². The van der Waals surface area contributed by atoms with E-state index in [0.717, 1.165) is 19.5 Å². The van der Waals surface area contributed by atoms with Gasteiger partial charge in [-0.05, 0) is 62.8 Å². The lowest BCUT2D eigenvalue weighted by atomic mass is 10.0. The minimum absolute atomic E-state index is 0.226. The quantitative estimate of drug-likeness (QED) is 0.0629. The molecule has 0 fully saturated rings. The van der Waals surface area contributed by atoms with Crippen molar-refractivity contribution in [1.29, 1.82) is 0 Å². The highest BCUT2D eigenvalue weighted by Crippen LogP contribution is 2.14. The van der Waals surface area contributed by atoms with Crippen molar-refractivity contribution in [2.75, 3.05) is 13.1 Å². The molecule has 2 N–H and O–H groups in total. The van der Waals surface area contributed by atoms with Gasteiger partial charge in [0.05, 0.1) is 6.42 Å². The zero-order valence-electron chi connectivity index (χ0n) is 28.9. The molecule has 0 radical (unpaired) electrons. The normalized spacial score (nSPS) is 11.3. The number of aryl methyl sites for hydroxylation is 3. The van der Waals surface area contributed by atoms with Crippen LogP contribution in [0.1, 0.15) is 165 Å². The predicted molar refractivity (Wildman–Crippen MR) is 190 cm³/mol. The van der Waals surface area contributed by atoms with Crippen LogP contribution in [0.3, 0.4) is 0 Å². The molecule has 0 unspecified atom stereocenters. The molecule has 0 bridgehead atoms. The number of aliphatic carboxylic acids is 1. The lowest BCUT2D eigenvalue weighted by Gasteiger charge is -2.05. The molecule has 2 rings (SSSR count). The molecule has 0 aromatic carbocycles. The van der Waals surface area contributed by atoms with E-state index in [1.54, 1.807) is 0 Å². The van der Waals surface area contributed by atoms with Gasteiger partial charge >= 0.3 is 5.97 Å². The number of hydrogen-bond acceptors (Lipinski definition) is 3. The number of nitrogens with zero attached hydrogens (tertiary/aromatic N) is 2. The SMILES string of the molecule is O=C(O)CCNCCCCCCCCCCCCCc1ccc[n+](CCCCCCCCCCCCCCc2cccnc2)c1. The molecule has 254 valence electrons. The van der Waals surface area contributed by atoms with Crippen LogP contribution in [-0.2, 0) is 24.2 Å². The number of rotatable bonds is 32. The Bertz CT molecular complexity index is 936. The molecule has 2 heterocycles. The monoisotopic (exact) mass is 623 g/mol. The van der Waals surface area contributed by atoms with E-state index < -0.39 is 5.97 Å². The second kappa shape index (κ2) is 29.2. The molecule has 45 heavy (non-hydrogen) atoms. The molecule has 0 aliphatic heterocycles. The van der Waals surface area contributed by atoms with Gasteiger partial charge in [-0.1, -0.05) is 122 Å². The summed E-state index contributed by atoms with van der Waals surface area (Å²) < 4.78 is 2.42. The van der Waals surface area contributed by atoms with Crippen molar-refractivity contribution in [3.05, 3.63) is 60.2 Å². The summed E-state index contributed by atoms with van der Waals surface area (Å²) in [4.78, 5) is 14.7. The lowest BCUT2D eigenvalue weighted by Crippen LogP contribution is -2.33. The van der Waals surface area contributed by atoms with E-state index in [1.165, 1.54) is 165 Å². The van der Waals surface area contributed by atoms with Gasteiger partial charge in [-0.3, -0.25) is 9.78 Å². The number of pyridine rings is 2. The number of carbonyl (C=O) groups is 1. The Hall–Kier alpha value is -2.27. The van der Waals surface area contributed by atoms with E-state index in [4.69, 9.17) is 5.11 Å². The van der Waals surface area contributed by atoms with Crippen molar-refractivity contribution in [1.82, 2.24) is 10.3 Å². The summed E-state index contributed by atoms with van der Waals surface area (Å²) >= 11 is 0. The maximum Gasteiger partial charge on any atom is 0.304 e. The Morgan fingerprint density at radius 1 is 0.600 bits per heavy atom. The Morgan fingerprint density at radius 2 is 1.09 bits per heavy atom. The number of carboxylic acid groups (broad SMARTS) is 1. The van der Waals surface area contributed by atoms with Gasteiger partial charge in [-0.15, -0.1) is 0 Å². The van der Waals surface area contributed by atoms with Gasteiger partial charge in [0.25, 0.3) is 0 Å². The van der Waals surface area contributed by atoms with Crippen LogP contribution in [0.5, 0.6) is 0 Å². The Morgan fingerprint density at radius 3 is 1.62 bits per heavy atom. The predicted octanol–water partition coefficient (Wildman–Crippen LogP) is 10.2. The lowest BCUT2D eigenvalue weighted by molar-refractivity contribution is -0.697. The van der Waals surface area contributed by atoms with E-state index in [2.05, 4.69) is 45.5 Å². The molecular formula is C40H68N3O2+. The molecule has 0 amide bonds. The fourth-order valence-electron chi connectivity index (χ4n) is 6.29. The topological polar surface area (TPSA) is 66.1 Å². The fraction of sp³-hybridized carbons (Fsp3) is 0.725. The largest absolute Gasteiger partial charge is 0.481 e. The molecule has 2 aromatic rings. The van der Waals surface area contributed by atoms with Crippen LogP contribution >= 0.6 is 0 Å². The first-order chi connectivity index (χ1) is 22.2. The van der Waals surface area contributed by atoms with E-state index >= 15 is 0 Å². The van der Waals surface area contributed by atoms with Crippen molar-refractivity contribution in [2.24, 2.45) is 0 Å². The molecule has 2 aromatic heterocycles. The molecular weight excluding hydrogens is 554 g/mol. The van der Waals surface area contributed by atoms with Crippen molar-refractivity contribution >= 4 is 5.97 Å². The summed E-state index contributed by atoms with van der Waals surface area (Å²) in [7, 11) is 0. The van der Waals surface area contributed by atoms with Gasteiger partial charge < -0.3 is 10.4 Å². The van der Waals surface area contributed by atoms with Crippen LogP contribution in [0.2, 0.25) is 0 Å². The van der Waals surface area contributed by atoms with Gasteiger partial charge in [0.2, 0.25) is 0 Å². The third kappa shape index (κ3) is 24.6. The number of nitrogens with one attached hydrogen (secondary N) is 1. The second-order valence-electron chi connectivity index (χ2n) is 13.3. The summed E-state index contributed by atoms with van der Waals surface area (Å²) in [6.45, 7) is 2.71. The number of unbranched alkanes of at least 4 members (excludes halogenated alkanes) is 21. The van der Waals surface area contributed by atoms with Crippen LogP contribution < -0.4 is 9.88 Å². The third-order valence-electron chi connectivity index (χ3n) is 9.11. The van der Waals surface area contributed by atoms with Gasteiger partial charge in [-0.2, -0.15) is 0 Å². The van der Waals surface area contributed by atoms with Crippen LogP contribution in [0.4, 0.5) is 0 Å². The Balaban J connectivity index is 1.30. The zero-order valence-corrected chi connectivity index (χ0v) is 28.9. The molecule has 0 aliphatic rings. The summed E-state index contributed by atoms with van der Waals surface area (Å²) in [6, 6.07) is 8.79. The van der Waals surface area contributed by atoms with Crippen molar-refractivity contribution in [3.8, 4) is 0 Å². The summed E-state index contributed by atoms with van der Waals surface area (Å²) in [5.41, 5.74) is 2.88. The first-order valence-corrected chi connectivity index (χ1v) is 19.0. The highest BCUT2D eigenvalue weighted by molar-refractivity contribution is 5.66. The standard InChI is InChI=1S/C40H67N3O2/c44-40(45)30-33-41-31-22-18-14-10-6-3-5-9-13-17-21-27-39-29-25-35-43(37-39)34-23-19-15-11-7-2-1-4-8-12-16-20-26-38-28-24-32-42-36-38/h24-25,28-29,32,35-37,41H,1-23,26-27,30-31,33-34H2/p+1. The molecule has 0 spiro atoms. The molecule has 0 atom stereocenters. The van der Waals surface area contributed by atoms with Gasteiger partial charge in [0, 0.05) is 37.0 Å². The first kappa shape index (κ1) is 38.9. The maximum atomic E-state index is 10.5. The van der Waals surface area contributed by atoms with E-state index in [-0.39, 0.29) is 6.42 Å². The molecule has 0 saturated carbocycles. The maximum absolute atomic E-state index is 10.5. The summed E-state index contributed by atoms with van der Waals surface area (Å²) in [6.07, 6.45) is 42.4. The highest BCUT2D eigenvalue weighted by atomic mass is 16.4. The Labute approximate surface area is 277 Å². The summed E-state index contributed by atoms with van der Waals surface area (Å²) in [5, 5.41) is 11.8. The minimum atomic E-state index is -0.717. The van der Waals surface area contributed by atoms with Crippen LogP contribution in [0.25, 0.3) is 0 Å². The van der Waals surface area contributed by atoms with Gasteiger partial charge in [0.1, 0.15) is 6.54 Å². The molecule has 0 saturated heterocycles. The van der Waals surface area contributed by atoms with Gasteiger partial charge in [-0.25, -0.2) is 4.57 Å². The number of hydrogen-bond donors (Lipinski definition) is 2. The summed E-state index contributed by atoms with van der Waals surface area (Å²) in [5.74, 6) is -0.717. The van der Waals surface area contributed by atoms with Crippen molar-refractivity contribution in [2.45, 2.75) is 173 Å². The fourth-order valence-corrected chi connectivity index (χ4v) is 6.29. The van der Waals surface area contributed by atoms with Crippen LogP contribution in [-0.4, -0.2) is 29.1 Å². The smallest absolute Gasteiger partial charge is 0.304 e. The molecule has 5 nitrogen and oxygen atoms in total.